The third-order valence-corrected chi connectivity index (χ3v) is 4.70. The number of hydrogen-bond donors (Lipinski definition) is 4. The van der Waals surface area contributed by atoms with Crippen LogP contribution in [0.5, 0.6) is 0 Å². The summed E-state index contributed by atoms with van der Waals surface area (Å²) < 4.78 is 8.02. The van der Waals surface area contributed by atoms with Gasteiger partial charge in [0.1, 0.15) is 11.6 Å². The number of aromatic nitrogens is 5. The first-order chi connectivity index (χ1) is 15.1. The van der Waals surface area contributed by atoms with Gasteiger partial charge in [0.05, 0.1) is 12.4 Å². The van der Waals surface area contributed by atoms with Crippen LogP contribution in [0.1, 0.15) is 69.7 Å². The molecule has 0 amide bonds. The third-order valence-electron chi connectivity index (χ3n) is 4.70. The first-order valence-electron chi connectivity index (χ1n) is 10.8. The molecule has 32 heavy (non-hydrogen) atoms. The van der Waals surface area contributed by atoms with E-state index in [1.807, 2.05) is 13.1 Å². The number of imidazole rings is 1. The average molecular weight is 453 g/mol. The zero-order chi connectivity index (χ0) is 24.1. The van der Waals surface area contributed by atoms with Crippen LogP contribution in [0.2, 0.25) is 0 Å². The fourth-order valence-corrected chi connectivity index (χ4v) is 3.43. The molecule has 2 aromatic rings. The maximum absolute atomic E-state index is 9.00. The number of ether oxygens (including phenoxy) is 1. The molecule has 3 atom stereocenters. The summed E-state index contributed by atoms with van der Waals surface area (Å²) in [7, 11) is 0. The molecule has 11 heteroatoms. The van der Waals surface area contributed by atoms with Crippen molar-refractivity contribution in [2.24, 2.45) is 5.73 Å². The molecule has 0 saturated heterocycles. The number of aryl methyl sites for hydroxylation is 3. The predicted molar refractivity (Wildman–Crippen MR) is 118 cm³/mol. The Labute approximate surface area is 188 Å². The Morgan fingerprint density at radius 2 is 1.94 bits per heavy atom. The number of nitrogens with zero attached hydrogens (tertiary/aromatic N) is 4. The van der Waals surface area contributed by atoms with E-state index < -0.39 is 11.9 Å². The van der Waals surface area contributed by atoms with E-state index in [2.05, 4.69) is 26.7 Å². The Morgan fingerprint density at radius 3 is 2.50 bits per heavy atom. The fourth-order valence-electron chi connectivity index (χ4n) is 3.43. The molecule has 0 aliphatic heterocycles. The number of nitrogens with one attached hydrogen (secondary N) is 1. The maximum atomic E-state index is 9.00. The van der Waals surface area contributed by atoms with Gasteiger partial charge in [-0.15, -0.1) is 0 Å². The van der Waals surface area contributed by atoms with Crippen LogP contribution in [0.3, 0.4) is 0 Å². The molecular formula is C21H36N6O5. The van der Waals surface area contributed by atoms with Crippen LogP contribution < -0.4 is 5.73 Å². The van der Waals surface area contributed by atoms with Gasteiger partial charge in [0, 0.05) is 57.3 Å². The van der Waals surface area contributed by atoms with Crippen molar-refractivity contribution in [1.82, 2.24) is 24.7 Å². The number of hydrogen-bond acceptors (Lipinski definition) is 7. The lowest BCUT2D eigenvalue weighted by Crippen LogP contribution is -2.42. The third kappa shape index (κ3) is 10.5. The van der Waals surface area contributed by atoms with Crippen molar-refractivity contribution in [3.05, 3.63) is 29.9 Å². The Hall–Kier alpha value is -2.79. The average Bonchev–Trinajstić information content (AvgIpc) is 3.34. The van der Waals surface area contributed by atoms with Gasteiger partial charge in [-0.25, -0.2) is 14.6 Å². The molecule has 0 aromatic carbocycles. The van der Waals surface area contributed by atoms with Crippen molar-refractivity contribution < 1.29 is 24.5 Å². The number of nitrogens with two attached hydrogens (primary N) is 1. The summed E-state index contributed by atoms with van der Waals surface area (Å²) in [5.74, 6) is 0.606. The summed E-state index contributed by atoms with van der Waals surface area (Å²) in [6.07, 6.45) is 8.55. The largest absolute Gasteiger partial charge is 0.481 e. The van der Waals surface area contributed by atoms with Gasteiger partial charge in [0.15, 0.2) is 0 Å². The molecule has 11 nitrogen and oxygen atoms in total. The van der Waals surface area contributed by atoms with Gasteiger partial charge < -0.3 is 25.7 Å². The number of rotatable bonds is 7. The van der Waals surface area contributed by atoms with Crippen molar-refractivity contribution >= 4 is 11.9 Å². The van der Waals surface area contributed by atoms with Crippen LogP contribution in [0, 0.1) is 6.92 Å². The summed E-state index contributed by atoms with van der Waals surface area (Å²) in [6.45, 7) is 7.83. The van der Waals surface area contributed by atoms with Gasteiger partial charge >= 0.3 is 0 Å². The molecule has 1 aliphatic carbocycles. The Morgan fingerprint density at radius 1 is 1.28 bits per heavy atom. The Balaban J connectivity index is 0.000000554. The molecule has 3 rings (SSSR count). The number of aliphatic carboxylic acids is 2. The fraction of sp³-hybridized carbons (Fsp3) is 0.667. The number of aromatic amines is 1. The zero-order valence-electron chi connectivity index (χ0n) is 19.3. The Bertz CT molecular complexity index is 788. The summed E-state index contributed by atoms with van der Waals surface area (Å²) >= 11 is 0. The van der Waals surface area contributed by atoms with Crippen molar-refractivity contribution in [2.45, 2.75) is 84.4 Å². The van der Waals surface area contributed by atoms with Crippen LogP contribution in [-0.4, -0.2) is 65.6 Å². The van der Waals surface area contributed by atoms with Crippen LogP contribution in [0.25, 0.3) is 0 Å². The van der Waals surface area contributed by atoms with Crippen LogP contribution in [-0.2, 0) is 27.3 Å². The molecule has 2 aromatic heterocycles. The van der Waals surface area contributed by atoms with Crippen LogP contribution in [0.4, 0.5) is 0 Å². The highest BCUT2D eigenvalue weighted by Crippen LogP contribution is 2.33. The maximum Gasteiger partial charge on any atom is 0.300 e. The number of carbonyl (C=O) groups is 2. The van der Waals surface area contributed by atoms with E-state index in [9.17, 15) is 0 Å². The van der Waals surface area contributed by atoms with Crippen molar-refractivity contribution in [3.63, 3.8) is 0 Å². The topological polar surface area (TPSA) is 169 Å². The molecule has 0 bridgehead atoms. The lowest BCUT2D eigenvalue weighted by molar-refractivity contribution is -0.135. The molecule has 180 valence electrons. The zero-order valence-corrected chi connectivity index (χ0v) is 19.3. The minimum absolute atomic E-state index is 0.127. The smallest absolute Gasteiger partial charge is 0.300 e. The molecular weight excluding hydrogens is 416 g/mol. The van der Waals surface area contributed by atoms with E-state index >= 15 is 0 Å². The van der Waals surface area contributed by atoms with E-state index in [4.69, 9.17) is 35.3 Å². The second-order valence-electron chi connectivity index (χ2n) is 7.69. The second-order valence-corrected chi connectivity index (χ2v) is 7.69. The first-order valence-corrected chi connectivity index (χ1v) is 10.8. The normalized spacial score (nSPS) is 19.8. The van der Waals surface area contributed by atoms with Crippen molar-refractivity contribution in [1.29, 1.82) is 0 Å². The Kier molecular flexibility index (Phi) is 12.2. The van der Waals surface area contributed by atoms with Crippen molar-refractivity contribution in [3.8, 4) is 0 Å². The predicted octanol–water partition coefficient (Wildman–Crippen LogP) is 2.12. The molecule has 1 saturated carbocycles. The lowest BCUT2D eigenvalue weighted by atomic mass is 9.83. The molecule has 1 fully saturated rings. The van der Waals surface area contributed by atoms with E-state index in [1.54, 1.807) is 6.33 Å². The van der Waals surface area contributed by atoms with Crippen molar-refractivity contribution in [2.75, 3.05) is 6.61 Å². The quantitative estimate of drug-likeness (QED) is 0.491. The number of carboxylic acids is 2. The minimum Gasteiger partial charge on any atom is -0.481 e. The summed E-state index contributed by atoms with van der Waals surface area (Å²) in [5, 5.41) is 19.4. The molecule has 1 aliphatic rings. The van der Waals surface area contributed by atoms with Crippen LogP contribution >= 0.6 is 0 Å². The number of carboxylic acid groups (broad SMARTS) is 2. The van der Waals surface area contributed by atoms with Crippen LogP contribution in [0.15, 0.2) is 12.5 Å². The molecule has 2 heterocycles. The minimum atomic E-state index is -0.833. The highest BCUT2D eigenvalue weighted by atomic mass is 16.5. The van der Waals surface area contributed by atoms with Gasteiger partial charge in [-0.3, -0.25) is 9.59 Å². The van der Waals surface area contributed by atoms with Gasteiger partial charge in [0.2, 0.25) is 0 Å². The summed E-state index contributed by atoms with van der Waals surface area (Å²) in [6, 6.07) is 0.135. The highest BCUT2D eigenvalue weighted by Gasteiger charge is 2.32. The van der Waals surface area contributed by atoms with Gasteiger partial charge in [-0.2, -0.15) is 5.10 Å². The molecule has 0 unspecified atom stereocenters. The number of H-pyrrole nitrogens is 1. The summed E-state index contributed by atoms with van der Waals surface area (Å²) in [5.41, 5.74) is 7.36. The molecule has 0 spiro atoms. The molecule has 5 N–H and O–H groups in total. The highest BCUT2D eigenvalue weighted by molar-refractivity contribution is 5.63. The molecule has 0 radical (unpaired) electrons. The monoisotopic (exact) mass is 452 g/mol. The van der Waals surface area contributed by atoms with Gasteiger partial charge in [-0.05, 0) is 32.6 Å². The van der Waals surface area contributed by atoms with E-state index in [0.29, 0.717) is 5.92 Å². The van der Waals surface area contributed by atoms with E-state index in [-0.39, 0.29) is 12.1 Å². The standard InChI is InChI=1S/C17H28N6O.2C2H4O2/c1-3-8-24-16-9-13(4-5-15(16)18)17-21-12(2)22-23(17)7-6-14-10-19-11-20-14;2*1-2(3)4/h10-11,13,15-16H,3-9,18H2,1-2H3,(H,19,20);2*1H3,(H,3,4)/t13-,15+,16+;;/m0../s1. The lowest BCUT2D eigenvalue weighted by Gasteiger charge is -2.33. The first kappa shape index (κ1) is 27.2. The summed E-state index contributed by atoms with van der Waals surface area (Å²) in [4.78, 5) is 29.9. The second kappa shape index (κ2) is 14.3. The van der Waals surface area contributed by atoms with Gasteiger partial charge in [-0.1, -0.05) is 6.92 Å². The SMILES string of the molecule is CC(=O)O.CC(=O)O.CCCO[C@@H]1C[C@@H](c2nc(C)nn2CCc2cnc[nH]2)CC[C@H]1N. The van der Waals surface area contributed by atoms with E-state index in [0.717, 1.165) is 76.4 Å². The van der Waals surface area contributed by atoms with E-state index in [1.165, 1.54) is 0 Å². The van der Waals surface area contributed by atoms with Gasteiger partial charge in [0.25, 0.3) is 11.9 Å².